The SMILES string of the molecule is CC(CC(=O)c1ccccc1)c1ccc(-c2ccccc2)cc1. The summed E-state index contributed by atoms with van der Waals surface area (Å²) in [7, 11) is 0. The van der Waals surface area contributed by atoms with Crippen molar-refractivity contribution in [1.82, 2.24) is 0 Å². The molecule has 1 atom stereocenters. The number of Topliss-reactive ketones (excluding diaryl/α,β-unsaturated/α-hetero) is 1. The van der Waals surface area contributed by atoms with Crippen LogP contribution >= 0.6 is 0 Å². The molecule has 0 saturated carbocycles. The molecule has 1 unspecified atom stereocenters. The monoisotopic (exact) mass is 300 g/mol. The van der Waals surface area contributed by atoms with Crippen LogP contribution in [0.1, 0.15) is 35.2 Å². The molecule has 0 N–H and O–H groups in total. The van der Waals surface area contributed by atoms with E-state index in [0.717, 1.165) is 5.56 Å². The third kappa shape index (κ3) is 3.75. The average Bonchev–Trinajstić information content (AvgIpc) is 2.63. The summed E-state index contributed by atoms with van der Waals surface area (Å²) in [5.74, 6) is 0.415. The second-order valence-corrected chi connectivity index (χ2v) is 5.88. The van der Waals surface area contributed by atoms with Gasteiger partial charge in [0.05, 0.1) is 0 Å². The van der Waals surface area contributed by atoms with Crippen LogP contribution in [-0.2, 0) is 0 Å². The molecule has 0 amide bonds. The third-order valence-corrected chi connectivity index (χ3v) is 4.17. The minimum atomic E-state index is 0.199. The lowest BCUT2D eigenvalue weighted by Gasteiger charge is -2.12. The van der Waals surface area contributed by atoms with Crippen molar-refractivity contribution in [2.45, 2.75) is 19.3 Å². The maximum atomic E-state index is 12.3. The van der Waals surface area contributed by atoms with Crippen LogP contribution in [0.2, 0.25) is 0 Å². The number of hydrogen-bond acceptors (Lipinski definition) is 1. The molecule has 0 aliphatic carbocycles. The van der Waals surface area contributed by atoms with E-state index < -0.39 is 0 Å². The van der Waals surface area contributed by atoms with Crippen molar-refractivity contribution in [2.24, 2.45) is 0 Å². The van der Waals surface area contributed by atoms with Gasteiger partial charge in [-0.15, -0.1) is 0 Å². The predicted octanol–water partition coefficient (Wildman–Crippen LogP) is 5.73. The molecule has 0 radical (unpaired) electrons. The quantitative estimate of drug-likeness (QED) is 0.550. The molecule has 0 bridgehead atoms. The van der Waals surface area contributed by atoms with Gasteiger partial charge >= 0.3 is 0 Å². The summed E-state index contributed by atoms with van der Waals surface area (Å²) in [6.45, 7) is 2.11. The van der Waals surface area contributed by atoms with Gasteiger partial charge in [-0.1, -0.05) is 91.9 Å². The lowest BCUT2D eigenvalue weighted by Crippen LogP contribution is -2.04. The predicted molar refractivity (Wildman–Crippen MR) is 95.7 cm³/mol. The molecule has 3 rings (SSSR count). The molecule has 3 aromatic carbocycles. The van der Waals surface area contributed by atoms with Crippen LogP contribution in [-0.4, -0.2) is 5.78 Å². The Labute approximate surface area is 137 Å². The Morgan fingerprint density at radius 1 is 0.739 bits per heavy atom. The first-order valence-corrected chi connectivity index (χ1v) is 7.97. The Hall–Kier alpha value is -2.67. The summed E-state index contributed by atoms with van der Waals surface area (Å²) < 4.78 is 0. The van der Waals surface area contributed by atoms with Crippen LogP contribution in [0.25, 0.3) is 11.1 Å². The molecule has 3 aromatic rings. The fraction of sp³-hybridized carbons (Fsp3) is 0.136. The van der Waals surface area contributed by atoms with Gasteiger partial charge in [0, 0.05) is 12.0 Å². The van der Waals surface area contributed by atoms with Crippen LogP contribution in [0.5, 0.6) is 0 Å². The molecule has 0 aliphatic rings. The minimum absolute atomic E-state index is 0.199. The fourth-order valence-corrected chi connectivity index (χ4v) is 2.77. The van der Waals surface area contributed by atoms with Crippen molar-refractivity contribution >= 4 is 5.78 Å². The smallest absolute Gasteiger partial charge is 0.163 e. The number of carbonyl (C=O) groups is 1. The standard InChI is InChI=1S/C22H20O/c1-17(16-22(23)21-10-6-3-7-11-21)18-12-14-20(15-13-18)19-8-4-2-5-9-19/h2-15,17H,16H2,1H3. The van der Waals surface area contributed by atoms with E-state index in [1.165, 1.54) is 16.7 Å². The summed E-state index contributed by atoms with van der Waals surface area (Å²) in [5.41, 5.74) is 4.41. The summed E-state index contributed by atoms with van der Waals surface area (Å²) in [4.78, 5) is 12.3. The average molecular weight is 300 g/mol. The van der Waals surface area contributed by atoms with Crippen LogP contribution in [0.15, 0.2) is 84.9 Å². The number of benzene rings is 3. The van der Waals surface area contributed by atoms with E-state index in [0.29, 0.717) is 6.42 Å². The Balaban J connectivity index is 1.71. The molecular formula is C22H20O. The first kappa shape index (κ1) is 15.2. The molecule has 1 nitrogen and oxygen atoms in total. The van der Waals surface area contributed by atoms with Crippen molar-refractivity contribution in [2.75, 3.05) is 0 Å². The second kappa shape index (κ2) is 7.06. The van der Waals surface area contributed by atoms with E-state index in [2.05, 4.69) is 43.3 Å². The Kier molecular flexibility index (Phi) is 4.68. The maximum absolute atomic E-state index is 12.3. The van der Waals surface area contributed by atoms with E-state index in [-0.39, 0.29) is 11.7 Å². The maximum Gasteiger partial charge on any atom is 0.163 e. The first-order valence-electron chi connectivity index (χ1n) is 7.97. The highest BCUT2D eigenvalue weighted by molar-refractivity contribution is 5.96. The number of ketones is 1. The van der Waals surface area contributed by atoms with Crippen LogP contribution in [0.3, 0.4) is 0 Å². The number of carbonyl (C=O) groups excluding carboxylic acids is 1. The fourth-order valence-electron chi connectivity index (χ4n) is 2.77. The lowest BCUT2D eigenvalue weighted by atomic mass is 9.92. The zero-order chi connectivity index (χ0) is 16.1. The second-order valence-electron chi connectivity index (χ2n) is 5.88. The van der Waals surface area contributed by atoms with E-state index in [1.807, 2.05) is 48.5 Å². The number of rotatable bonds is 5. The van der Waals surface area contributed by atoms with Gasteiger partial charge < -0.3 is 0 Å². The minimum Gasteiger partial charge on any atom is -0.294 e. The first-order chi connectivity index (χ1) is 11.2. The summed E-state index contributed by atoms with van der Waals surface area (Å²) in [6.07, 6.45) is 0.536. The summed E-state index contributed by atoms with van der Waals surface area (Å²) >= 11 is 0. The van der Waals surface area contributed by atoms with E-state index in [9.17, 15) is 4.79 Å². The van der Waals surface area contributed by atoms with Gasteiger partial charge in [-0.25, -0.2) is 0 Å². The molecule has 0 spiro atoms. The molecule has 23 heavy (non-hydrogen) atoms. The highest BCUT2D eigenvalue weighted by Gasteiger charge is 2.13. The number of hydrogen-bond donors (Lipinski definition) is 0. The van der Waals surface area contributed by atoms with E-state index in [4.69, 9.17) is 0 Å². The van der Waals surface area contributed by atoms with Crippen LogP contribution < -0.4 is 0 Å². The third-order valence-electron chi connectivity index (χ3n) is 4.17. The molecule has 0 saturated heterocycles. The molecular weight excluding hydrogens is 280 g/mol. The van der Waals surface area contributed by atoms with Crippen molar-refractivity contribution in [3.63, 3.8) is 0 Å². The van der Waals surface area contributed by atoms with E-state index >= 15 is 0 Å². The summed E-state index contributed by atoms with van der Waals surface area (Å²) in [5, 5.41) is 0. The van der Waals surface area contributed by atoms with Gasteiger partial charge in [-0.05, 0) is 22.6 Å². The van der Waals surface area contributed by atoms with Gasteiger partial charge in [0.2, 0.25) is 0 Å². The van der Waals surface area contributed by atoms with Gasteiger partial charge in [-0.3, -0.25) is 4.79 Å². The van der Waals surface area contributed by atoms with Crippen molar-refractivity contribution in [1.29, 1.82) is 0 Å². The van der Waals surface area contributed by atoms with Gasteiger partial charge in [-0.2, -0.15) is 0 Å². The highest BCUT2D eigenvalue weighted by atomic mass is 16.1. The highest BCUT2D eigenvalue weighted by Crippen LogP contribution is 2.25. The van der Waals surface area contributed by atoms with Crippen molar-refractivity contribution < 1.29 is 4.79 Å². The zero-order valence-corrected chi connectivity index (χ0v) is 13.3. The molecule has 0 heterocycles. The van der Waals surface area contributed by atoms with Gasteiger partial charge in [0.15, 0.2) is 5.78 Å². The summed E-state index contributed by atoms with van der Waals surface area (Å²) in [6, 6.07) is 28.4. The van der Waals surface area contributed by atoms with Gasteiger partial charge in [0.25, 0.3) is 0 Å². The van der Waals surface area contributed by atoms with Crippen molar-refractivity contribution in [3.8, 4) is 11.1 Å². The lowest BCUT2D eigenvalue weighted by molar-refractivity contribution is 0.0975. The van der Waals surface area contributed by atoms with Gasteiger partial charge in [0.1, 0.15) is 0 Å². The molecule has 114 valence electrons. The Bertz CT molecular complexity index is 758. The van der Waals surface area contributed by atoms with Crippen molar-refractivity contribution in [3.05, 3.63) is 96.1 Å². The van der Waals surface area contributed by atoms with Crippen LogP contribution in [0.4, 0.5) is 0 Å². The Morgan fingerprint density at radius 2 is 1.26 bits per heavy atom. The molecule has 0 aliphatic heterocycles. The molecule has 0 aromatic heterocycles. The zero-order valence-electron chi connectivity index (χ0n) is 13.3. The van der Waals surface area contributed by atoms with Crippen LogP contribution in [0, 0.1) is 0 Å². The molecule has 0 fully saturated rings. The largest absolute Gasteiger partial charge is 0.294 e. The van der Waals surface area contributed by atoms with E-state index in [1.54, 1.807) is 0 Å². The topological polar surface area (TPSA) is 17.1 Å². The molecule has 1 heteroatoms. The Morgan fingerprint density at radius 3 is 1.87 bits per heavy atom. The normalized spacial score (nSPS) is 11.9.